The van der Waals surface area contributed by atoms with Gasteiger partial charge in [0.1, 0.15) is 11.8 Å². The summed E-state index contributed by atoms with van der Waals surface area (Å²) >= 11 is 0. The van der Waals surface area contributed by atoms with Crippen molar-refractivity contribution in [2.45, 2.75) is 18.5 Å². The Bertz CT molecular complexity index is 1040. The van der Waals surface area contributed by atoms with Crippen LogP contribution in [0.15, 0.2) is 36.4 Å². The molecule has 7 nitrogen and oxygen atoms in total. The number of benzene rings is 2. The lowest BCUT2D eigenvalue weighted by Gasteiger charge is -2.30. The summed E-state index contributed by atoms with van der Waals surface area (Å²) in [4.78, 5) is 15.2. The molecule has 1 aliphatic heterocycles. The lowest BCUT2D eigenvalue weighted by molar-refractivity contribution is -0.717. The van der Waals surface area contributed by atoms with Crippen LogP contribution in [0, 0.1) is 0 Å². The highest BCUT2D eigenvalue weighted by Crippen LogP contribution is 2.40. The average molecular weight is 382 g/mol. The van der Waals surface area contributed by atoms with Gasteiger partial charge in [-0.15, -0.1) is 0 Å². The Balaban J connectivity index is 1.93. The zero-order valence-corrected chi connectivity index (χ0v) is 15.9. The second kappa shape index (κ2) is 7.09. The van der Waals surface area contributed by atoms with Gasteiger partial charge in [0.25, 0.3) is 0 Å². The molecule has 3 aromatic rings. The molecule has 4 rings (SSSR count). The third-order valence-electron chi connectivity index (χ3n) is 5.38. The Morgan fingerprint density at radius 3 is 2.43 bits per heavy atom. The summed E-state index contributed by atoms with van der Waals surface area (Å²) in [6, 6.07) is 10.5. The molecule has 0 saturated heterocycles. The Kier molecular flexibility index (Phi) is 4.60. The van der Waals surface area contributed by atoms with Crippen molar-refractivity contribution in [1.82, 2.24) is 4.98 Å². The second-order valence-corrected chi connectivity index (χ2v) is 6.81. The van der Waals surface area contributed by atoms with Gasteiger partial charge < -0.3 is 34.4 Å². The Morgan fingerprint density at radius 2 is 1.75 bits per heavy atom. The molecule has 0 radical (unpaired) electrons. The minimum Gasteiger partial charge on any atom is -0.544 e. The maximum absolute atomic E-state index is 11.7. The van der Waals surface area contributed by atoms with E-state index in [9.17, 15) is 9.90 Å². The van der Waals surface area contributed by atoms with Gasteiger partial charge in [-0.1, -0.05) is 18.2 Å². The standard InChI is InChI=1S/C21H22N2O5/c1-26-16-10-18(28-3)17(27-2)9-13(16)20-19-12(8-15(23-20)21(24)25)11-6-4-5-7-14(11)22-19/h4-7,9-10,15,20,22-23H,8H2,1-3H3,(H,24,25)/t15-,20+/m0/s1. The Morgan fingerprint density at radius 1 is 1.07 bits per heavy atom. The number of carbonyl (C=O) groups is 1. The number of carboxylic acids is 1. The number of H-pyrrole nitrogens is 1. The van der Waals surface area contributed by atoms with Crippen molar-refractivity contribution in [2.75, 3.05) is 21.3 Å². The Hall–Kier alpha value is -3.19. The lowest BCUT2D eigenvalue weighted by atomic mass is 9.89. The van der Waals surface area contributed by atoms with Crippen molar-refractivity contribution < 1.29 is 29.4 Å². The largest absolute Gasteiger partial charge is 0.544 e. The third-order valence-corrected chi connectivity index (χ3v) is 5.38. The van der Waals surface area contributed by atoms with Gasteiger partial charge in [0.2, 0.25) is 0 Å². The molecule has 28 heavy (non-hydrogen) atoms. The van der Waals surface area contributed by atoms with Crippen LogP contribution in [0.25, 0.3) is 10.9 Å². The number of fused-ring (bicyclic) bond motifs is 3. The van der Waals surface area contributed by atoms with Crippen LogP contribution in [0.4, 0.5) is 0 Å². The minimum atomic E-state index is -1.08. The first kappa shape index (κ1) is 18.2. The van der Waals surface area contributed by atoms with Crippen LogP contribution in [0.5, 0.6) is 17.2 Å². The fourth-order valence-electron chi connectivity index (χ4n) is 4.04. The molecule has 7 heteroatoms. The molecule has 146 valence electrons. The topological polar surface area (TPSA) is 100 Å². The number of aliphatic carboxylic acids is 1. The van der Waals surface area contributed by atoms with Crippen LogP contribution >= 0.6 is 0 Å². The SMILES string of the molecule is COc1cc(OC)c([C@H]2[NH2+][C@H](C(=O)[O-])Cc3c2[nH]c2ccccc32)cc1OC. The molecule has 2 heterocycles. The lowest BCUT2D eigenvalue weighted by Crippen LogP contribution is -2.95. The van der Waals surface area contributed by atoms with Crippen molar-refractivity contribution in [2.24, 2.45) is 0 Å². The Labute approximate surface area is 162 Å². The van der Waals surface area contributed by atoms with Gasteiger partial charge in [-0.25, -0.2) is 0 Å². The molecule has 0 amide bonds. The molecular formula is C21H22N2O5. The maximum Gasteiger partial charge on any atom is 0.164 e. The number of para-hydroxylation sites is 1. The number of carboxylic acid groups (broad SMARTS) is 1. The van der Waals surface area contributed by atoms with Gasteiger partial charge in [-0.3, -0.25) is 0 Å². The summed E-state index contributed by atoms with van der Waals surface area (Å²) in [5.74, 6) is 0.620. The van der Waals surface area contributed by atoms with Crippen LogP contribution in [0.2, 0.25) is 0 Å². The fourth-order valence-corrected chi connectivity index (χ4v) is 4.04. The number of hydrogen-bond donors (Lipinski definition) is 2. The number of nitrogens with two attached hydrogens (primary N) is 1. The van der Waals surface area contributed by atoms with Crippen LogP contribution in [-0.2, 0) is 11.2 Å². The molecule has 0 spiro atoms. The van der Waals surface area contributed by atoms with Crippen LogP contribution in [0.3, 0.4) is 0 Å². The maximum atomic E-state index is 11.7. The fraction of sp³-hybridized carbons (Fsp3) is 0.286. The summed E-state index contributed by atoms with van der Waals surface area (Å²) in [5, 5.41) is 14.6. The van der Waals surface area contributed by atoms with Crippen molar-refractivity contribution in [3.8, 4) is 17.2 Å². The minimum absolute atomic E-state index is 0.311. The number of nitrogens with one attached hydrogen (secondary N) is 1. The van der Waals surface area contributed by atoms with Crippen molar-refractivity contribution in [3.63, 3.8) is 0 Å². The number of aromatic amines is 1. The predicted molar refractivity (Wildman–Crippen MR) is 101 cm³/mol. The zero-order valence-electron chi connectivity index (χ0n) is 15.9. The van der Waals surface area contributed by atoms with E-state index in [4.69, 9.17) is 14.2 Å². The molecular weight excluding hydrogens is 360 g/mol. The van der Waals surface area contributed by atoms with Gasteiger partial charge in [0, 0.05) is 23.4 Å². The van der Waals surface area contributed by atoms with Gasteiger partial charge >= 0.3 is 0 Å². The van der Waals surface area contributed by atoms with Crippen molar-refractivity contribution in [1.29, 1.82) is 0 Å². The number of quaternary nitrogens is 1. The first-order valence-corrected chi connectivity index (χ1v) is 9.02. The van der Waals surface area contributed by atoms with E-state index in [1.807, 2.05) is 30.3 Å². The summed E-state index contributed by atoms with van der Waals surface area (Å²) in [5.41, 5.74) is 3.74. The van der Waals surface area contributed by atoms with E-state index in [1.54, 1.807) is 32.7 Å². The quantitative estimate of drug-likeness (QED) is 0.670. The molecule has 1 aromatic heterocycles. The van der Waals surface area contributed by atoms with Crippen LogP contribution in [0.1, 0.15) is 22.9 Å². The van der Waals surface area contributed by atoms with Crippen molar-refractivity contribution in [3.05, 3.63) is 53.2 Å². The monoisotopic (exact) mass is 382 g/mol. The van der Waals surface area contributed by atoms with Gasteiger partial charge in [-0.05, 0) is 17.7 Å². The third kappa shape index (κ3) is 2.84. The number of hydrogen-bond acceptors (Lipinski definition) is 5. The molecule has 3 N–H and O–H groups in total. The predicted octanol–water partition coefficient (Wildman–Crippen LogP) is 0.521. The molecule has 0 aliphatic carbocycles. The molecule has 0 fully saturated rings. The van der Waals surface area contributed by atoms with E-state index >= 15 is 0 Å². The smallest absolute Gasteiger partial charge is 0.164 e. The molecule has 2 aromatic carbocycles. The molecule has 1 aliphatic rings. The molecule has 2 atom stereocenters. The highest BCUT2D eigenvalue weighted by Gasteiger charge is 2.37. The number of ether oxygens (including phenoxy) is 3. The number of aromatic nitrogens is 1. The zero-order chi connectivity index (χ0) is 19.8. The molecule has 0 unspecified atom stereocenters. The van der Waals surface area contributed by atoms with E-state index in [0.717, 1.165) is 27.7 Å². The number of carbonyl (C=O) groups excluding carboxylic acids is 1. The summed E-state index contributed by atoms with van der Waals surface area (Å²) in [7, 11) is 4.71. The number of rotatable bonds is 5. The second-order valence-electron chi connectivity index (χ2n) is 6.81. The van der Waals surface area contributed by atoms with Gasteiger partial charge in [0.05, 0.1) is 38.6 Å². The summed E-state index contributed by atoms with van der Waals surface area (Å²) in [6.07, 6.45) is 0.397. The van der Waals surface area contributed by atoms with Gasteiger partial charge in [-0.2, -0.15) is 0 Å². The average Bonchev–Trinajstić information content (AvgIpc) is 3.10. The van der Waals surface area contributed by atoms with E-state index in [0.29, 0.717) is 23.7 Å². The van der Waals surface area contributed by atoms with E-state index in [-0.39, 0.29) is 6.04 Å². The first-order chi connectivity index (χ1) is 13.6. The van der Waals surface area contributed by atoms with E-state index in [1.165, 1.54) is 0 Å². The first-order valence-electron chi connectivity index (χ1n) is 9.02. The van der Waals surface area contributed by atoms with Gasteiger partial charge in [0.15, 0.2) is 17.5 Å². The normalized spacial score (nSPS) is 18.5. The summed E-state index contributed by atoms with van der Waals surface area (Å²) < 4.78 is 16.4. The van der Waals surface area contributed by atoms with E-state index < -0.39 is 12.0 Å². The van der Waals surface area contributed by atoms with Crippen molar-refractivity contribution >= 4 is 16.9 Å². The highest BCUT2D eigenvalue weighted by atomic mass is 16.5. The summed E-state index contributed by atoms with van der Waals surface area (Å²) in [6.45, 7) is 0. The number of methoxy groups -OCH3 is 3. The van der Waals surface area contributed by atoms with Crippen LogP contribution < -0.4 is 24.6 Å². The van der Waals surface area contributed by atoms with Crippen LogP contribution in [-0.4, -0.2) is 38.3 Å². The highest BCUT2D eigenvalue weighted by molar-refractivity contribution is 5.86. The van der Waals surface area contributed by atoms with E-state index in [2.05, 4.69) is 4.98 Å². The molecule has 0 saturated carbocycles. The molecule has 0 bridgehead atoms.